The van der Waals surface area contributed by atoms with E-state index in [4.69, 9.17) is 0 Å². The molecule has 0 fully saturated rings. The molecule has 0 amide bonds. The van der Waals surface area contributed by atoms with Gasteiger partial charge in [0.15, 0.2) is 12.6 Å². The zero-order chi connectivity index (χ0) is 7.56. The fourth-order valence-corrected chi connectivity index (χ4v) is 0.877. The fraction of sp³-hybridized carbons (Fsp3) is 0. The van der Waals surface area contributed by atoms with Crippen molar-refractivity contribution < 1.29 is 9.59 Å². The van der Waals surface area contributed by atoms with Crippen molar-refractivity contribution in [2.75, 3.05) is 0 Å². The standard InChI is InChI=1S/C5H3BrN2O2/c6-5-3(1-9)7-8-4(5)2-10/h1-2H,(H,7,8). The summed E-state index contributed by atoms with van der Waals surface area (Å²) < 4.78 is 0.414. The summed E-state index contributed by atoms with van der Waals surface area (Å²) in [5.41, 5.74) is 0.490. The Morgan fingerprint density at radius 2 is 2.10 bits per heavy atom. The Hall–Kier alpha value is -0.970. The molecule has 0 aliphatic rings. The summed E-state index contributed by atoms with van der Waals surface area (Å²) in [6, 6.07) is 0. The second-order valence-corrected chi connectivity index (χ2v) is 2.37. The molecule has 1 N–H and O–H groups in total. The lowest BCUT2D eigenvalue weighted by Gasteiger charge is -1.79. The van der Waals surface area contributed by atoms with Gasteiger partial charge in [-0.25, -0.2) is 0 Å². The van der Waals surface area contributed by atoms with Gasteiger partial charge in [-0.1, -0.05) is 0 Å². The predicted molar refractivity (Wildman–Crippen MR) is 37.1 cm³/mol. The van der Waals surface area contributed by atoms with Crippen molar-refractivity contribution in [1.82, 2.24) is 10.2 Å². The molecule has 52 valence electrons. The van der Waals surface area contributed by atoms with Gasteiger partial charge in [0.25, 0.3) is 0 Å². The van der Waals surface area contributed by atoms with Crippen molar-refractivity contribution in [2.45, 2.75) is 0 Å². The number of carbonyl (C=O) groups is 2. The first-order chi connectivity index (χ1) is 4.79. The van der Waals surface area contributed by atoms with Crippen LogP contribution in [0, 0.1) is 0 Å². The molecule has 4 nitrogen and oxygen atoms in total. The van der Waals surface area contributed by atoms with Crippen LogP contribution in [0.15, 0.2) is 4.47 Å². The third-order valence-corrected chi connectivity index (χ3v) is 1.82. The van der Waals surface area contributed by atoms with Gasteiger partial charge in [0.2, 0.25) is 0 Å². The maximum absolute atomic E-state index is 10.1. The van der Waals surface area contributed by atoms with E-state index < -0.39 is 0 Å². The smallest absolute Gasteiger partial charge is 0.171 e. The van der Waals surface area contributed by atoms with Crippen LogP contribution in [0.5, 0.6) is 0 Å². The van der Waals surface area contributed by atoms with Crippen molar-refractivity contribution in [2.24, 2.45) is 0 Å². The van der Waals surface area contributed by atoms with E-state index in [2.05, 4.69) is 26.1 Å². The number of nitrogens with one attached hydrogen (secondary N) is 1. The summed E-state index contributed by atoms with van der Waals surface area (Å²) in [5, 5.41) is 5.91. The highest BCUT2D eigenvalue weighted by atomic mass is 79.9. The van der Waals surface area contributed by atoms with Crippen molar-refractivity contribution in [3.8, 4) is 0 Å². The first-order valence-electron chi connectivity index (χ1n) is 2.43. The molecule has 1 aromatic heterocycles. The predicted octanol–water partition coefficient (Wildman–Crippen LogP) is 0.797. The van der Waals surface area contributed by atoms with Crippen LogP contribution in [0.1, 0.15) is 21.0 Å². The number of hydrogen-bond acceptors (Lipinski definition) is 3. The van der Waals surface area contributed by atoms with E-state index in [1.807, 2.05) is 0 Å². The lowest BCUT2D eigenvalue weighted by molar-refractivity contribution is 0.111. The Morgan fingerprint density at radius 3 is 2.40 bits per heavy atom. The normalized spacial score (nSPS) is 9.30. The summed E-state index contributed by atoms with van der Waals surface area (Å²) in [5.74, 6) is 0. The summed E-state index contributed by atoms with van der Waals surface area (Å²) in [4.78, 5) is 20.3. The highest BCUT2D eigenvalue weighted by molar-refractivity contribution is 9.10. The molecule has 0 saturated heterocycles. The second-order valence-electron chi connectivity index (χ2n) is 1.57. The maximum Gasteiger partial charge on any atom is 0.171 e. The van der Waals surface area contributed by atoms with Gasteiger partial charge in [-0.05, 0) is 15.9 Å². The van der Waals surface area contributed by atoms with E-state index >= 15 is 0 Å². The first kappa shape index (κ1) is 7.14. The number of nitrogens with zero attached hydrogens (tertiary/aromatic N) is 1. The minimum atomic E-state index is 0.210. The van der Waals surface area contributed by atoms with E-state index in [9.17, 15) is 9.59 Å². The van der Waals surface area contributed by atoms with Crippen LogP contribution in [-0.4, -0.2) is 22.8 Å². The molecule has 0 spiro atoms. The summed E-state index contributed by atoms with van der Waals surface area (Å²) >= 11 is 3.02. The number of hydrogen-bond donors (Lipinski definition) is 1. The lowest BCUT2D eigenvalue weighted by Crippen LogP contribution is -1.79. The van der Waals surface area contributed by atoms with Crippen LogP contribution in [0.4, 0.5) is 0 Å². The minimum Gasteiger partial charge on any atom is -0.296 e. The van der Waals surface area contributed by atoms with E-state index in [-0.39, 0.29) is 11.4 Å². The number of rotatable bonds is 2. The van der Waals surface area contributed by atoms with Crippen LogP contribution in [0.25, 0.3) is 0 Å². The Morgan fingerprint density at radius 1 is 1.40 bits per heavy atom. The number of aromatic amines is 1. The zero-order valence-corrected chi connectivity index (χ0v) is 6.38. The molecule has 0 radical (unpaired) electrons. The van der Waals surface area contributed by atoms with Crippen LogP contribution in [-0.2, 0) is 0 Å². The first-order valence-corrected chi connectivity index (χ1v) is 3.23. The van der Waals surface area contributed by atoms with Gasteiger partial charge < -0.3 is 0 Å². The second kappa shape index (κ2) is 2.74. The van der Waals surface area contributed by atoms with Crippen LogP contribution < -0.4 is 0 Å². The molecule has 0 aliphatic heterocycles. The van der Waals surface area contributed by atoms with Gasteiger partial charge in [0.05, 0.1) is 4.47 Å². The topological polar surface area (TPSA) is 62.8 Å². The summed E-state index contributed by atoms with van der Waals surface area (Å²) in [6.45, 7) is 0. The number of aromatic nitrogens is 2. The molecule has 0 bridgehead atoms. The lowest BCUT2D eigenvalue weighted by atomic mass is 10.4. The van der Waals surface area contributed by atoms with E-state index in [0.29, 0.717) is 17.0 Å². The van der Waals surface area contributed by atoms with E-state index in [0.717, 1.165) is 0 Å². The highest BCUT2D eigenvalue weighted by Gasteiger charge is 2.07. The number of carbonyl (C=O) groups excluding carboxylic acids is 2. The van der Waals surface area contributed by atoms with Crippen LogP contribution in [0.3, 0.4) is 0 Å². The van der Waals surface area contributed by atoms with Crippen molar-refractivity contribution in [1.29, 1.82) is 0 Å². The van der Waals surface area contributed by atoms with Gasteiger partial charge in [-0.15, -0.1) is 0 Å². The molecule has 0 aromatic carbocycles. The molecule has 10 heavy (non-hydrogen) atoms. The largest absolute Gasteiger partial charge is 0.296 e. The van der Waals surface area contributed by atoms with E-state index in [1.54, 1.807) is 0 Å². The monoisotopic (exact) mass is 202 g/mol. The molecular formula is C5H3BrN2O2. The molecule has 1 aromatic rings. The van der Waals surface area contributed by atoms with Crippen molar-refractivity contribution in [3.63, 3.8) is 0 Å². The van der Waals surface area contributed by atoms with Gasteiger partial charge in [0.1, 0.15) is 11.4 Å². The van der Waals surface area contributed by atoms with Gasteiger partial charge in [0, 0.05) is 0 Å². The number of halogens is 1. The third-order valence-electron chi connectivity index (χ3n) is 0.988. The Balaban J connectivity index is 3.20. The SMILES string of the molecule is O=Cc1n[nH]c(C=O)c1Br. The summed E-state index contributed by atoms with van der Waals surface area (Å²) in [7, 11) is 0. The van der Waals surface area contributed by atoms with Gasteiger partial charge >= 0.3 is 0 Å². The van der Waals surface area contributed by atoms with Crippen molar-refractivity contribution >= 4 is 28.5 Å². The molecule has 5 heteroatoms. The molecule has 0 saturated carbocycles. The zero-order valence-electron chi connectivity index (χ0n) is 4.80. The average Bonchev–Trinajstić information content (AvgIpc) is 2.30. The van der Waals surface area contributed by atoms with Gasteiger partial charge in [-0.3, -0.25) is 14.7 Å². The summed E-state index contributed by atoms with van der Waals surface area (Å²) in [6.07, 6.45) is 1.15. The average molecular weight is 203 g/mol. The third kappa shape index (κ3) is 0.995. The molecule has 0 aliphatic carbocycles. The molecule has 0 atom stereocenters. The molecule has 0 unspecified atom stereocenters. The van der Waals surface area contributed by atoms with Crippen LogP contribution >= 0.6 is 15.9 Å². The quantitative estimate of drug-likeness (QED) is 0.723. The van der Waals surface area contributed by atoms with E-state index in [1.165, 1.54) is 0 Å². The maximum atomic E-state index is 10.1. The molecule has 1 rings (SSSR count). The van der Waals surface area contributed by atoms with Gasteiger partial charge in [-0.2, -0.15) is 5.10 Å². The fourth-order valence-electron chi connectivity index (χ4n) is 0.513. The number of aldehydes is 2. The number of H-pyrrole nitrogens is 1. The molecule has 1 heterocycles. The van der Waals surface area contributed by atoms with Crippen LogP contribution in [0.2, 0.25) is 0 Å². The highest BCUT2D eigenvalue weighted by Crippen LogP contribution is 2.14. The Kier molecular flexibility index (Phi) is 1.96. The van der Waals surface area contributed by atoms with Crippen molar-refractivity contribution in [3.05, 3.63) is 15.9 Å². The Bertz CT molecular complexity index is 243. The molecular weight excluding hydrogens is 200 g/mol. The minimum absolute atomic E-state index is 0.210. The Labute approximate surface area is 64.7 Å².